The number of nitrogens with two attached hydrogens (primary N) is 1. The third-order valence-corrected chi connectivity index (χ3v) is 2.86. The number of aliphatic carboxylic acids is 1. The van der Waals surface area contributed by atoms with E-state index in [1.807, 2.05) is 0 Å². The lowest BCUT2D eigenvalue weighted by Crippen LogP contribution is -2.43. The van der Waals surface area contributed by atoms with Crippen LogP contribution in [0.15, 0.2) is 18.2 Å². The van der Waals surface area contributed by atoms with Crippen LogP contribution in [0.5, 0.6) is 0 Å². The zero-order valence-corrected chi connectivity index (χ0v) is 9.66. The average Bonchev–Trinajstić information content (AvgIpc) is 2.21. The van der Waals surface area contributed by atoms with Crippen LogP contribution in [0.2, 0.25) is 0 Å². The van der Waals surface area contributed by atoms with Crippen molar-refractivity contribution in [1.82, 2.24) is 0 Å². The Balaban J connectivity index is 3.11. The molecule has 0 aliphatic carbocycles. The Bertz CT molecular complexity index is 457. The van der Waals surface area contributed by atoms with Gasteiger partial charge >= 0.3 is 5.97 Å². The number of aryl methyl sites for hydroxylation is 1. The maximum atomic E-state index is 12.9. The van der Waals surface area contributed by atoms with Gasteiger partial charge < -0.3 is 10.8 Å². The van der Waals surface area contributed by atoms with Crippen molar-refractivity contribution in [2.24, 2.45) is 11.1 Å². The van der Waals surface area contributed by atoms with Crippen LogP contribution >= 0.6 is 0 Å². The summed E-state index contributed by atoms with van der Waals surface area (Å²) in [4.78, 5) is 22.3. The van der Waals surface area contributed by atoms with E-state index in [2.05, 4.69) is 0 Å². The zero-order chi connectivity index (χ0) is 13.2. The Labute approximate surface area is 98.2 Å². The highest BCUT2D eigenvalue weighted by molar-refractivity contribution is 6.00. The van der Waals surface area contributed by atoms with Gasteiger partial charge in [-0.3, -0.25) is 9.59 Å². The fourth-order valence-electron chi connectivity index (χ4n) is 1.51. The number of amides is 1. The molecule has 5 heteroatoms. The summed E-state index contributed by atoms with van der Waals surface area (Å²) < 4.78 is 12.9. The van der Waals surface area contributed by atoms with Gasteiger partial charge in [0, 0.05) is 0 Å². The van der Waals surface area contributed by atoms with Crippen molar-refractivity contribution in [2.75, 3.05) is 0 Å². The van der Waals surface area contributed by atoms with E-state index in [9.17, 15) is 14.0 Å². The number of rotatable bonds is 4. The van der Waals surface area contributed by atoms with Crippen molar-refractivity contribution in [3.05, 3.63) is 35.1 Å². The van der Waals surface area contributed by atoms with Gasteiger partial charge in [0.05, 0.1) is 0 Å². The Morgan fingerprint density at radius 3 is 2.47 bits per heavy atom. The van der Waals surface area contributed by atoms with Crippen LogP contribution in [-0.4, -0.2) is 17.0 Å². The molecule has 92 valence electrons. The number of carboxylic acids is 1. The average molecular weight is 239 g/mol. The zero-order valence-electron chi connectivity index (χ0n) is 9.66. The number of hydrogen-bond acceptors (Lipinski definition) is 2. The Hall–Kier alpha value is -1.91. The molecule has 1 aromatic rings. The minimum Gasteiger partial charge on any atom is -0.480 e. The third kappa shape index (κ3) is 2.61. The van der Waals surface area contributed by atoms with Crippen LogP contribution in [0.25, 0.3) is 0 Å². The molecule has 0 aromatic heterocycles. The highest BCUT2D eigenvalue weighted by atomic mass is 19.1. The molecule has 0 saturated heterocycles. The number of benzene rings is 1. The molecule has 0 heterocycles. The number of carbonyl (C=O) groups excluding carboxylic acids is 1. The normalized spacial score (nSPS) is 14.1. The number of hydrogen-bond donors (Lipinski definition) is 2. The molecule has 4 nitrogen and oxygen atoms in total. The van der Waals surface area contributed by atoms with Crippen molar-refractivity contribution >= 4 is 11.9 Å². The lowest BCUT2D eigenvalue weighted by atomic mass is 9.82. The topological polar surface area (TPSA) is 80.4 Å². The lowest BCUT2D eigenvalue weighted by molar-refractivity contribution is -0.153. The van der Waals surface area contributed by atoms with Gasteiger partial charge in [0.2, 0.25) is 5.91 Å². The Kier molecular flexibility index (Phi) is 3.50. The molecule has 0 fully saturated rings. The van der Waals surface area contributed by atoms with Crippen LogP contribution in [0, 0.1) is 18.2 Å². The summed E-state index contributed by atoms with van der Waals surface area (Å²) in [7, 11) is 0. The molecule has 1 unspecified atom stereocenters. The summed E-state index contributed by atoms with van der Waals surface area (Å²) in [6.45, 7) is 2.92. The minimum atomic E-state index is -1.68. The van der Waals surface area contributed by atoms with E-state index in [4.69, 9.17) is 10.8 Å². The van der Waals surface area contributed by atoms with Gasteiger partial charge in [-0.25, -0.2) is 4.39 Å². The molecule has 0 bridgehead atoms. The van der Waals surface area contributed by atoms with E-state index in [0.717, 1.165) is 0 Å². The molecule has 1 amide bonds. The highest BCUT2D eigenvalue weighted by Gasteiger charge is 2.40. The predicted octanol–water partition coefficient (Wildman–Crippen LogP) is 1.25. The first kappa shape index (κ1) is 13.2. The monoisotopic (exact) mass is 239 g/mol. The predicted molar refractivity (Wildman–Crippen MR) is 59.8 cm³/mol. The van der Waals surface area contributed by atoms with Gasteiger partial charge in [-0.1, -0.05) is 6.07 Å². The molecule has 0 saturated carbocycles. The van der Waals surface area contributed by atoms with E-state index in [-0.39, 0.29) is 6.42 Å². The van der Waals surface area contributed by atoms with E-state index in [1.54, 1.807) is 6.92 Å². The highest BCUT2D eigenvalue weighted by Crippen LogP contribution is 2.25. The van der Waals surface area contributed by atoms with Crippen molar-refractivity contribution < 1.29 is 19.1 Å². The number of carboxylic acid groups (broad SMARTS) is 1. The van der Waals surface area contributed by atoms with Crippen LogP contribution in [0.1, 0.15) is 18.1 Å². The van der Waals surface area contributed by atoms with Crippen LogP contribution < -0.4 is 5.73 Å². The quantitative estimate of drug-likeness (QED) is 0.776. The van der Waals surface area contributed by atoms with E-state index in [0.29, 0.717) is 11.1 Å². The first-order valence-electron chi connectivity index (χ1n) is 5.05. The summed E-state index contributed by atoms with van der Waals surface area (Å²) in [5.41, 5.74) is 4.62. The first-order valence-corrected chi connectivity index (χ1v) is 5.05. The molecule has 1 atom stereocenters. The summed E-state index contributed by atoms with van der Waals surface area (Å²) in [6.07, 6.45) is -0.0518. The molecule has 17 heavy (non-hydrogen) atoms. The van der Waals surface area contributed by atoms with E-state index < -0.39 is 23.1 Å². The largest absolute Gasteiger partial charge is 0.480 e. The SMILES string of the molecule is Cc1cc(F)ccc1CC(C)(C(N)=O)C(=O)O. The molecule has 1 rings (SSSR count). The second-order valence-corrected chi connectivity index (χ2v) is 4.25. The van der Waals surface area contributed by atoms with Gasteiger partial charge in [-0.2, -0.15) is 0 Å². The summed E-state index contributed by atoms with van der Waals surface area (Å²) in [6, 6.07) is 3.99. The van der Waals surface area contributed by atoms with E-state index >= 15 is 0 Å². The van der Waals surface area contributed by atoms with Gasteiger partial charge in [-0.15, -0.1) is 0 Å². The van der Waals surface area contributed by atoms with Gasteiger partial charge in [0.25, 0.3) is 0 Å². The fraction of sp³-hybridized carbons (Fsp3) is 0.333. The lowest BCUT2D eigenvalue weighted by Gasteiger charge is -2.21. The molecule has 1 aromatic carbocycles. The summed E-state index contributed by atoms with van der Waals surface area (Å²) in [5, 5.41) is 9.03. The third-order valence-electron chi connectivity index (χ3n) is 2.86. The second-order valence-electron chi connectivity index (χ2n) is 4.25. The molecular weight excluding hydrogens is 225 g/mol. The molecule has 0 spiro atoms. The first-order chi connectivity index (χ1) is 7.77. The summed E-state index contributed by atoms with van der Waals surface area (Å²) in [5.74, 6) is -2.59. The van der Waals surface area contributed by atoms with Gasteiger partial charge in [0.15, 0.2) is 0 Å². The standard InChI is InChI=1S/C12H14FNO3/c1-7-5-9(13)4-3-8(7)6-12(2,10(14)15)11(16)17/h3-5H,6H2,1-2H3,(H2,14,15)(H,16,17). The molecule has 0 radical (unpaired) electrons. The van der Waals surface area contributed by atoms with Gasteiger partial charge in [0.1, 0.15) is 11.2 Å². The van der Waals surface area contributed by atoms with Crippen LogP contribution in [-0.2, 0) is 16.0 Å². The maximum absolute atomic E-state index is 12.9. The minimum absolute atomic E-state index is 0.0518. The van der Waals surface area contributed by atoms with Crippen LogP contribution in [0.4, 0.5) is 4.39 Å². The van der Waals surface area contributed by atoms with Crippen molar-refractivity contribution in [3.63, 3.8) is 0 Å². The molecule has 3 N–H and O–H groups in total. The fourth-order valence-corrected chi connectivity index (χ4v) is 1.51. The van der Waals surface area contributed by atoms with Crippen molar-refractivity contribution in [1.29, 1.82) is 0 Å². The van der Waals surface area contributed by atoms with Crippen molar-refractivity contribution in [2.45, 2.75) is 20.3 Å². The number of primary amides is 1. The second kappa shape index (κ2) is 4.53. The van der Waals surface area contributed by atoms with Crippen molar-refractivity contribution in [3.8, 4) is 0 Å². The summed E-state index contributed by atoms with van der Waals surface area (Å²) >= 11 is 0. The Morgan fingerprint density at radius 2 is 2.06 bits per heavy atom. The molecular formula is C12H14FNO3. The smallest absolute Gasteiger partial charge is 0.319 e. The molecule has 0 aliphatic heterocycles. The number of carbonyl (C=O) groups is 2. The maximum Gasteiger partial charge on any atom is 0.319 e. The molecule has 0 aliphatic rings. The number of halogens is 1. The van der Waals surface area contributed by atoms with Gasteiger partial charge in [-0.05, 0) is 43.5 Å². The van der Waals surface area contributed by atoms with Crippen LogP contribution in [0.3, 0.4) is 0 Å². The van der Waals surface area contributed by atoms with E-state index in [1.165, 1.54) is 25.1 Å². The Morgan fingerprint density at radius 1 is 1.47 bits per heavy atom.